The number of rotatable bonds is 5. The van der Waals surface area contributed by atoms with Gasteiger partial charge < -0.3 is 25.4 Å². The molecule has 9 nitrogen and oxygen atoms in total. The fourth-order valence-corrected chi connectivity index (χ4v) is 3.43. The Balaban J connectivity index is 0.00000261. The van der Waals surface area contributed by atoms with E-state index in [-0.39, 0.29) is 49.1 Å². The number of nitrogens with two attached hydrogens (primary N) is 1. The zero-order valence-corrected chi connectivity index (χ0v) is 16.5. The van der Waals surface area contributed by atoms with Crippen LogP contribution in [0.3, 0.4) is 0 Å². The summed E-state index contributed by atoms with van der Waals surface area (Å²) in [6, 6.07) is 0. The van der Waals surface area contributed by atoms with E-state index in [0.717, 1.165) is 6.42 Å². The number of nitrogens with zero attached hydrogens (tertiary/aromatic N) is 3. The predicted octanol–water partition coefficient (Wildman–Crippen LogP) is 0.386. The van der Waals surface area contributed by atoms with E-state index in [1.165, 1.54) is 10.9 Å². The van der Waals surface area contributed by atoms with Crippen molar-refractivity contribution in [1.82, 2.24) is 14.7 Å². The van der Waals surface area contributed by atoms with Gasteiger partial charge in [0.15, 0.2) is 0 Å². The molecule has 0 spiro atoms. The average molecular weight is 402 g/mol. The number of nitrogens with one attached hydrogen (secondary N) is 1. The second-order valence-corrected chi connectivity index (χ2v) is 7.03. The molecule has 2 fully saturated rings. The van der Waals surface area contributed by atoms with Crippen molar-refractivity contribution in [2.24, 2.45) is 5.73 Å². The lowest BCUT2D eigenvalue weighted by atomic mass is 10.2. The Morgan fingerprint density at radius 3 is 2.59 bits per heavy atom. The molecule has 1 aromatic rings. The lowest BCUT2D eigenvalue weighted by Gasteiger charge is -2.35. The van der Waals surface area contributed by atoms with E-state index in [9.17, 15) is 9.59 Å². The van der Waals surface area contributed by atoms with Crippen LogP contribution in [0.15, 0.2) is 12.4 Å². The molecule has 0 saturated carbocycles. The van der Waals surface area contributed by atoms with E-state index in [2.05, 4.69) is 10.4 Å². The second-order valence-electron chi connectivity index (χ2n) is 7.03. The molecule has 2 unspecified atom stereocenters. The van der Waals surface area contributed by atoms with Crippen molar-refractivity contribution in [1.29, 1.82) is 0 Å². The van der Waals surface area contributed by atoms with Crippen LogP contribution in [0.5, 0.6) is 0 Å². The van der Waals surface area contributed by atoms with E-state index >= 15 is 0 Å². The van der Waals surface area contributed by atoms with Gasteiger partial charge in [-0.15, -0.1) is 12.4 Å². The topological polar surface area (TPSA) is 112 Å². The largest absolute Gasteiger partial charge is 0.372 e. The van der Waals surface area contributed by atoms with Gasteiger partial charge in [-0.2, -0.15) is 5.10 Å². The van der Waals surface area contributed by atoms with Gasteiger partial charge in [0, 0.05) is 25.8 Å². The third-order valence-electron chi connectivity index (χ3n) is 4.63. The lowest BCUT2D eigenvalue weighted by Crippen LogP contribution is -2.49. The molecule has 4 atom stereocenters. The summed E-state index contributed by atoms with van der Waals surface area (Å²) >= 11 is 0. The van der Waals surface area contributed by atoms with Crippen molar-refractivity contribution in [3.8, 4) is 0 Å². The maximum absolute atomic E-state index is 12.5. The number of carbonyl (C=O) groups is 2. The van der Waals surface area contributed by atoms with Gasteiger partial charge in [0.1, 0.15) is 12.6 Å². The van der Waals surface area contributed by atoms with Crippen molar-refractivity contribution in [2.45, 2.75) is 57.6 Å². The number of hydrogen-bond donors (Lipinski definition) is 2. The van der Waals surface area contributed by atoms with Crippen molar-refractivity contribution in [3.63, 3.8) is 0 Å². The Labute approximate surface area is 164 Å². The molecule has 2 aliphatic rings. The first-order valence-electron chi connectivity index (χ1n) is 9.06. The Morgan fingerprint density at radius 1 is 1.26 bits per heavy atom. The number of aromatic nitrogens is 2. The Morgan fingerprint density at radius 2 is 1.96 bits per heavy atom. The van der Waals surface area contributed by atoms with Crippen LogP contribution in [-0.4, -0.2) is 70.5 Å². The van der Waals surface area contributed by atoms with Gasteiger partial charge in [-0.25, -0.2) is 0 Å². The molecule has 0 radical (unpaired) electrons. The van der Waals surface area contributed by atoms with Crippen LogP contribution in [0.2, 0.25) is 0 Å². The summed E-state index contributed by atoms with van der Waals surface area (Å²) in [7, 11) is 0. The van der Waals surface area contributed by atoms with Crippen LogP contribution in [0.1, 0.15) is 26.7 Å². The Bertz CT molecular complexity index is 645. The summed E-state index contributed by atoms with van der Waals surface area (Å²) in [4.78, 5) is 26.5. The molecule has 3 N–H and O–H groups in total. The quantitative estimate of drug-likeness (QED) is 0.738. The fraction of sp³-hybridized carbons (Fsp3) is 0.706. The zero-order valence-electron chi connectivity index (χ0n) is 15.7. The normalized spacial score (nSPS) is 27.9. The molecule has 10 heteroatoms. The van der Waals surface area contributed by atoms with Crippen molar-refractivity contribution >= 4 is 29.9 Å². The van der Waals surface area contributed by atoms with Crippen LogP contribution in [0, 0.1) is 0 Å². The van der Waals surface area contributed by atoms with E-state index < -0.39 is 6.10 Å². The number of hydrogen-bond acceptors (Lipinski definition) is 6. The molecule has 2 aliphatic heterocycles. The molecule has 3 heterocycles. The maximum Gasteiger partial charge on any atom is 0.253 e. The number of morpholine rings is 1. The summed E-state index contributed by atoms with van der Waals surface area (Å²) < 4.78 is 12.8. The van der Waals surface area contributed by atoms with Gasteiger partial charge in [-0.05, 0) is 26.7 Å². The standard InChI is InChI=1S/C17H27N5O4.ClH/c1-11-7-21(8-12(2)25-11)16(23)10-22-9-13(6-19-22)20-17(24)15-4-3-14(5-18)26-15;/h6,9,11-12,14-15H,3-5,7-8,10,18H2,1-2H3,(H,20,24);1H/t11?,12?,14-,15+;/m1./s1. The van der Waals surface area contributed by atoms with Gasteiger partial charge in [-0.3, -0.25) is 14.3 Å². The van der Waals surface area contributed by atoms with E-state index in [1.807, 2.05) is 13.8 Å². The zero-order chi connectivity index (χ0) is 18.7. The van der Waals surface area contributed by atoms with E-state index in [4.69, 9.17) is 15.2 Å². The minimum atomic E-state index is -0.482. The second kappa shape index (κ2) is 9.50. The van der Waals surface area contributed by atoms with E-state index in [1.54, 1.807) is 11.1 Å². The highest BCUT2D eigenvalue weighted by Crippen LogP contribution is 2.20. The third kappa shape index (κ3) is 5.65. The van der Waals surface area contributed by atoms with Crippen molar-refractivity contribution in [3.05, 3.63) is 12.4 Å². The molecule has 3 rings (SSSR count). The summed E-state index contributed by atoms with van der Waals surface area (Å²) in [5.41, 5.74) is 6.11. The minimum absolute atomic E-state index is 0. The van der Waals surface area contributed by atoms with Gasteiger partial charge >= 0.3 is 0 Å². The molecule has 152 valence electrons. The molecule has 1 aromatic heterocycles. The van der Waals surface area contributed by atoms with Crippen LogP contribution in [0.4, 0.5) is 5.69 Å². The van der Waals surface area contributed by atoms with Gasteiger partial charge in [0.2, 0.25) is 5.91 Å². The molecule has 0 aliphatic carbocycles. The number of anilines is 1. The molecular formula is C17H28ClN5O4. The molecule has 2 saturated heterocycles. The van der Waals surface area contributed by atoms with Gasteiger partial charge in [0.05, 0.1) is 30.2 Å². The van der Waals surface area contributed by atoms with Crippen molar-refractivity contribution < 1.29 is 19.1 Å². The van der Waals surface area contributed by atoms with Crippen LogP contribution in [-0.2, 0) is 25.6 Å². The average Bonchev–Trinajstić information content (AvgIpc) is 3.23. The van der Waals surface area contributed by atoms with E-state index in [0.29, 0.717) is 31.7 Å². The first kappa shape index (κ1) is 21.6. The monoisotopic (exact) mass is 401 g/mol. The van der Waals surface area contributed by atoms with Gasteiger partial charge in [-0.1, -0.05) is 0 Å². The molecule has 0 bridgehead atoms. The molecule has 2 amide bonds. The first-order chi connectivity index (χ1) is 12.4. The maximum atomic E-state index is 12.5. The van der Waals surface area contributed by atoms with Crippen LogP contribution < -0.4 is 11.1 Å². The number of ether oxygens (including phenoxy) is 2. The fourth-order valence-electron chi connectivity index (χ4n) is 3.43. The first-order valence-corrected chi connectivity index (χ1v) is 9.06. The molecule has 27 heavy (non-hydrogen) atoms. The molecular weight excluding hydrogens is 374 g/mol. The minimum Gasteiger partial charge on any atom is -0.372 e. The van der Waals surface area contributed by atoms with Crippen LogP contribution >= 0.6 is 12.4 Å². The van der Waals surface area contributed by atoms with Gasteiger partial charge in [0.25, 0.3) is 5.91 Å². The van der Waals surface area contributed by atoms with Crippen molar-refractivity contribution in [2.75, 3.05) is 25.0 Å². The number of carbonyl (C=O) groups excluding carboxylic acids is 2. The summed E-state index contributed by atoms with van der Waals surface area (Å²) in [6.45, 7) is 5.62. The Kier molecular flexibility index (Phi) is 7.60. The lowest BCUT2D eigenvalue weighted by molar-refractivity contribution is -0.144. The van der Waals surface area contributed by atoms with Crippen LogP contribution in [0.25, 0.3) is 0 Å². The highest BCUT2D eigenvalue weighted by atomic mass is 35.5. The molecule has 0 aromatic carbocycles. The summed E-state index contributed by atoms with van der Waals surface area (Å²) in [6.07, 6.45) is 4.16. The Hall–Kier alpha value is -1.68. The summed E-state index contributed by atoms with van der Waals surface area (Å²) in [5, 5.41) is 6.95. The SMILES string of the molecule is CC1CN(C(=O)Cn2cc(NC(=O)[C@@H]3CC[C@H](CN)O3)cn2)CC(C)O1.Cl. The summed E-state index contributed by atoms with van der Waals surface area (Å²) in [5.74, 6) is -0.222. The third-order valence-corrected chi connectivity index (χ3v) is 4.63. The highest BCUT2D eigenvalue weighted by molar-refractivity contribution is 5.94. The smallest absolute Gasteiger partial charge is 0.253 e. The highest BCUT2D eigenvalue weighted by Gasteiger charge is 2.30. The number of amides is 2. The number of halogens is 1. The predicted molar refractivity (Wildman–Crippen MR) is 102 cm³/mol.